The third-order valence-corrected chi connectivity index (χ3v) is 11.4. The van der Waals surface area contributed by atoms with Crippen LogP contribution in [-0.4, -0.2) is 19.9 Å². The lowest BCUT2D eigenvalue weighted by Gasteiger charge is -2.16. The van der Waals surface area contributed by atoms with E-state index in [4.69, 9.17) is 19.9 Å². The number of hydrogen-bond acceptors (Lipinski definition) is 4. The van der Waals surface area contributed by atoms with Gasteiger partial charge < -0.3 is 0 Å². The molecule has 0 fully saturated rings. The molecule has 4 heterocycles. The van der Waals surface area contributed by atoms with Crippen molar-refractivity contribution in [2.75, 3.05) is 0 Å². The summed E-state index contributed by atoms with van der Waals surface area (Å²) in [5.74, 6) is 0. The van der Waals surface area contributed by atoms with Gasteiger partial charge in [-0.05, 0) is 74.3 Å². The lowest BCUT2D eigenvalue weighted by molar-refractivity contribution is 1.37. The van der Waals surface area contributed by atoms with Gasteiger partial charge in [-0.25, -0.2) is 15.0 Å². The lowest BCUT2D eigenvalue weighted by Crippen LogP contribution is -1.92. The molecule has 4 nitrogen and oxygen atoms in total. The van der Waals surface area contributed by atoms with E-state index in [0.717, 1.165) is 82.6 Å². The highest BCUT2D eigenvalue weighted by Crippen LogP contribution is 2.42. The van der Waals surface area contributed by atoms with Gasteiger partial charge in [-0.1, -0.05) is 140 Å². The zero-order valence-electron chi connectivity index (χ0n) is 30.1. The molecule has 258 valence electrons. The van der Waals surface area contributed by atoms with Crippen molar-refractivity contribution < 1.29 is 0 Å². The third kappa shape index (κ3) is 4.66. The second-order valence-corrected chi connectivity index (χ2v) is 14.6. The molecule has 8 aromatic carbocycles. The van der Waals surface area contributed by atoms with Gasteiger partial charge >= 0.3 is 0 Å². The van der Waals surface area contributed by atoms with E-state index in [0.29, 0.717) is 0 Å². The van der Waals surface area contributed by atoms with Gasteiger partial charge in [-0.3, -0.25) is 4.98 Å². The zero-order chi connectivity index (χ0) is 36.7. The van der Waals surface area contributed by atoms with Crippen molar-refractivity contribution in [3.05, 3.63) is 182 Å². The molecule has 0 saturated heterocycles. The van der Waals surface area contributed by atoms with Crippen molar-refractivity contribution in [1.82, 2.24) is 19.9 Å². The van der Waals surface area contributed by atoms with E-state index in [9.17, 15) is 0 Å². The molecule has 56 heavy (non-hydrogen) atoms. The minimum Gasteiger partial charge on any atom is -0.254 e. The van der Waals surface area contributed by atoms with Crippen LogP contribution >= 0.6 is 0 Å². The van der Waals surface area contributed by atoms with Crippen LogP contribution in [-0.2, 0) is 0 Å². The van der Waals surface area contributed by atoms with Gasteiger partial charge in [0, 0.05) is 49.8 Å². The summed E-state index contributed by atoms with van der Waals surface area (Å²) >= 11 is 0. The van der Waals surface area contributed by atoms with E-state index in [1.54, 1.807) is 0 Å². The van der Waals surface area contributed by atoms with Crippen LogP contribution in [0.5, 0.6) is 0 Å². The van der Waals surface area contributed by atoms with Crippen LogP contribution in [0, 0.1) is 0 Å². The summed E-state index contributed by atoms with van der Waals surface area (Å²) in [4.78, 5) is 20.4. The maximum absolute atomic E-state index is 5.30. The van der Waals surface area contributed by atoms with Gasteiger partial charge in [0.05, 0.1) is 39.0 Å². The summed E-state index contributed by atoms with van der Waals surface area (Å²) in [5.41, 5.74) is 11.0. The molecule has 4 heteroatoms. The highest BCUT2D eigenvalue weighted by Gasteiger charge is 2.17. The van der Waals surface area contributed by atoms with Crippen molar-refractivity contribution in [2.45, 2.75) is 0 Å². The Morgan fingerprint density at radius 3 is 1.55 bits per heavy atom. The summed E-state index contributed by atoms with van der Waals surface area (Å²) in [6.45, 7) is 0. The molecular weight excluding hydrogens is 681 g/mol. The Balaban J connectivity index is 1.06. The van der Waals surface area contributed by atoms with Crippen LogP contribution in [0.1, 0.15) is 0 Å². The molecule has 4 aromatic heterocycles. The molecule has 0 aliphatic heterocycles. The van der Waals surface area contributed by atoms with Gasteiger partial charge in [-0.2, -0.15) is 0 Å². The van der Waals surface area contributed by atoms with E-state index in [2.05, 4.69) is 164 Å². The fourth-order valence-electron chi connectivity index (χ4n) is 8.77. The first-order chi connectivity index (χ1) is 27.7. The van der Waals surface area contributed by atoms with Gasteiger partial charge in [-0.15, -0.1) is 0 Å². The first-order valence-electron chi connectivity index (χ1n) is 19.0. The minimum absolute atomic E-state index is 0.911. The standard InChI is InChI=1S/C52H30N4/c1-2-9-31(10-3-1)45-26-21-33-16-17-34-22-27-46(55-51(34)50(33)54-45)35-19-23-39-40-24-20-36(30-44(40)38-13-5-4-12-37(38)43(39)29-35)48-41-14-6-7-15-47(41)56-52-42(48)25-18-32-11-8-28-53-49(32)52/h1-30H. The maximum Gasteiger partial charge on any atom is 0.0978 e. The van der Waals surface area contributed by atoms with Crippen molar-refractivity contribution >= 4 is 86.8 Å². The maximum atomic E-state index is 5.30. The molecule has 0 radical (unpaired) electrons. The number of rotatable bonds is 3. The second-order valence-electron chi connectivity index (χ2n) is 14.6. The number of para-hydroxylation sites is 1. The summed E-state index contributed by atoms with van der Waals surface area (Å²) in [5, 5.41) is 12.8. The fourth-order valence-corrected chi connectivity index (χ4v) is 8.77. The predicted octanol–water partition coefficient (Wildman–Crippen LogP) is 13.5. The first-order valence-corrected chi connectivity index (χ1v) is 19.0. The molecule has 12 rings (SSSR count). The van der Waals surface area contributed by atoms with E-state index in [-0.39, 0.29) is 0 Å². The number of nitrogens with zero attached hydrogens (tertiary/aromatic N) is 4. The van der Waals surface area contributed by atoms with Crippen LogP contribution < -0.4 is 0 Å². The van der Waals surface area contributed by atoms with Crippen molar-refractivity contribution in [3.63, 3.8) is 0 Å². The van der Waals surface area contributed by atoms with Gasteiger partial charge in [0.1, 0.15) is 0 Å². The number of benzene rings is 8. The van der Waals surface area contributed by atoms with Gasteiger partial charge in [0.15, 0.2) is 0 Å². The summed E-state index contributed by atoms with van der Waals surface area (Å²) in [6.07, 6.45) is 1.85. The van der Waals surface area contributed by atoms with Gasteiger partial charge in [0.25, 0.3) is 0 Å². The van der Waals surface area contributed by atoms with E-state index in [1.165, 1.54) is 37.9 Å². The van der Waals surface area contributed by atoms with E-state index < -0.39 is 0 Å². The molecule has 0 spiro atoms. The molecule has 0 saturated carbocycles. The molecule has 0 atom stereocenters. The fraction of sp³-hybridized carbons (Fsp3) is 0. The quantitative estimate of drug-likeness (QED) is 0.135. The average Bonchev–Trinajstić information content (AvgIpc) is 3.28. The Hall–Kier alpha value is -7.56. The predicted molar refractivity (Wildman–Crippen MR) is 234 cm³/mol. The number of hydrogen-bond donors (Lipinski definition) is 0. The second kappa shape index (κ2) is 12.0. The molecule has 0 N–H and O–H groups in total. The topological polar surface area (TPSA) is 51.6 Å². The molecule has 0 aliphatic carbocycles. The summed E-state index contributed by atoms with van der Waals surface area (Å²) in [6, 6.07) is 62.6. The Morgan fingerprint density at radius 1 is 0.286 bits per heavy atom. The number of fused-ring (bicyclic) bond motifs is 13. The number of aromatic nitrogens is 4. The number of pyridine rings is 4. The average molecular weight is 711 g/mol. The monoisotopic (exact) mass is 710 g/mol. The molecule has 0 amide bonds. The van der Waals surface area contributed by atoms with Crippen LogP contribution in [0.3, 0.4) is 0 Å². The first kappa shape index (κ1) is 30.9. The zero-order valence-corrected chi connectivity index (χ0v) is 30.1. The Labute approximate surface area is 321 Å². The molecule has 0 aliphatic rings. The Bertz CT molecular complexity index is 3570. The molecule has 12 aromatic rings. The smallest absolute Gasteiger partial charge is 0.0978 e. The summed E-state index contributed by atoms with van der Waals surface area (Å²) < 4.78 is 0. The van der Waals surface area contributed by atoms with Gasteiger partial charge in [0.2, 0.25) is 0 Å². The highest BCUT2D eigenvalue weighted by atomic mass is 14.8. The van der Waals surface area contributed by atoms with Crippen molar-refractivity contribution in [1.29, 1.82) is 0 Å². The summed E-state index contributed by atoms with van der Waals surface area (Å²) in [7, 11) is 0. The van der Waals surface area contributed by atoms with Crippen molar-refractivity contribution in [3.8, 4) is 33.6 Å². The Morgan fingerprint density at radius 2 is 0.821 bits per heavy atom. The molecule has 0 bridgehead atoms. The lowest BCUT2D eigenvalue weighted by atomic mass is 9.89. The van der Waals surface area contributed by atoms with E-state index in [1.807, 2.05) is 18.3 Å². The highest BCUT2D eigenvalue weighted by molar-refractivity contribution is 6.27. The van der Waals surface area contributed by atoms with Crippen LogP contribution in [0.4, 0.5) is 0 Å². The normalized spacial score (nSPS) is 11.9. The Kier molecular flexibility index (Phi) is 6.60. The van der Waals surface area contributed by atoms with Crippen LogP contribution in [0.15, 0.2) is 182 Å². The van der Waals surface area contributed by atoms with E-state index >= 15 is 0 Å². The molecule has 0 unspecified atom stereocenters. The van der Waals surface area contributed by atoms with Crippen LogP contribution in [0.25, 0.3) is 120 Å². The SMILES string of the molecule is c1ccc(-c2ccc3ccc4ccc(-c5ccc6c7ccc(-c8c9ccccc9nc9c8ccc8cccnc89)cc7c7ccccc7c6c5)nc4c3n2)cc1. The minimum atomic E-state index is 0.911. The van der Waals surface area contributed by atoms with Crippen molar-refractivity contribution in [2.24, 2.45) is 0 Å². The molecular formula is C52H30N4. The third-order valence-electron chi connectivity index (χ3n) is 11.4. The van der Waals surface area contributed by atoms with Crippen LogP contribution in [0.2, 0.25) is 0 Å². The largest absolute Gasteiger partial charge is 0.254 e.